The van der Waals surface area contributed by atoms with Crippen molar-refractivity contribution in [2.24, 2.45) is 0 Å². The summed E-state index contributed by atoms with van der Waals surface area (Å²) in [5.41, 5.74) is 1.65. The van der Waals surface area contributed by atoms with Crippen LogP contribution >= 0.6 is 11.3 Å². The second-order valence-electron chi connectivity index (χ2n) is 6.41. The van der Waals surface area contributed by atoms with Crippen molar-refractivity contribution in [2.45, 2.75) is 26.4 Å². The van der Waals surface area contributed by atoms with E-state index >= 15 is 0 Å². The largest absolute Gasteiger partial charge is 0.497 e. The van der Waals surface area contributed by atoms with Gasteiger partial charge in [0.15, 0.2) is 0 Å². The summed E-state index contributed by atoms with van der Waals surface area (Å²) in [5.74, 6) is 2.18. The Labute approximate surface area is 160 Å². The highest BCUT2D eigenvalue weighted by Gasteiger charge is 2.21. The highest BCUT2D eigenvalue weighted by molar-refractivity contribution is 7.13. The Morgan fingerprint density at radius 1 is 1.26 bits per heavy atom. The summed E-state index contributed by atoms with van der Waals surface area (Å²) in [5, 5.41) is 0.600. The second-order valence-corrected chi connectivity index (χ2v) is 7.49. The summed E-state index contributed by atoms with van der Waals surface area (Å²) in [6.45, 7) is 4.02. The van der Waals surface area contributed by atoms with E-state index in [2.05, 4.69) is 19.9 Å². The predicted octanol–water partition coefficient (Wildman–Crippen LogP) is 2.89. The van der Waals surface area contributed by atoms with Crippen LogP contribution in [0.5, 0.6) is 16.7 Å². The number of rotatable bonds is 5. The molecule has 0 spiro atoms. The zero-order valence-electron chi connectivity index (χ0n) is 15.2. The highest BCUT2D eigenvalue weighted by atomic mass is 32.1. The van der Waals surface area contributed by atoms with Crippen molar-refractivity contribution in [1.29, 1.82) is 0 Å². The van der Waals surface area contributed by atoms with Gasteiger partial charge in [-0.2, -0.15) is 0 Å². The molecule has 0 amide bonds. The fourth-order valence-corrected chi connectivity index (χ4v) is 3.94. The van der Waals surface area contributed by atoms with E-state index in [0.717, 1.165) is 47.1 Å². The monoisotopic (exact) mass is 384 g/mol. The van der Waals surface area contributed by atoms with Crippen LogP contribution in [0.3, 0.4) is 0 Å². The van der Waals surface area contributed by atoms with Crippen molar-refractivity contribution in [2.75, 3.05) is 13.7 Å². The zero-order chi connectivity index (χ0) is 18.8. The number of ether oxygens (including phenoxy) is 2. The lowest BCUT2D eigenvalue weighted by molar-refractivity contribution is 0.243. The van der Waals surface area contributed by atoms with Crippen LogP contribution in [-0.4, -0.2) is 33.5 Å². The van der Waals surface area contributed by atoms with Gasteiger partial charge >= 0.3 is 0 Å². The van der Waals surface area contributed by atoms with Crippen LogP contribution in [0.25, 0.3) is 0 Å². The van der Waals surface area contributed by atoms with Gasteiger partial charge in [-0.25, -0.2) is 9.97 Å². The number of aromatic amines is 1. The molecular weight excluding hydrogens is 364 g/mol. The average Bonchev–Trinajstić information content (AvgIpc) is 3.09. The summed E-state index contributed by atoms with van der Waals surface area (Å²) in [6.07, 6.45) is 2.62. The van der Waals surface area contributed by atoms with Crippen LogP contribution in [0.1, 0.15) is 22.0 Å². The number of benzene rings is 1. The van der Waals surface area contributed by atoms with Gasteiger partial charge in [0.1, 0.15) is 17.3 Å². The number of nitrogens with one attached hydrogen (secondary N) is 1. The van der Waals surface area contributed by atoms with Crippen molar-refractivity contribution in [3.05, 3.63) is 62.8 Å². The van der Waals surface area contributed by atoms with Gasteiger partial charge < -0.3 is 14.5 Å². The number of H-pyrrole nitrogens is 1. The molecule has 140 valence electrons. The minimum absolute atomic E-state index is 0.0324. The first-order valence-electron chi connectivity index (χ1n) is 8.68. The summed E-state index contributed by atoms with van der Waals surface area (Å²) >= 11 is 1.51. The molecule has 1 aromatic carbocycles. The van der Waals surface area contributed by atoms with E-state index in [1.165, 1.54) is 11.3 Å². The zero-order valence-corrected chi connectivity index (χ0v) is 16.0. The van der Waals surface area contributed by atoms with Gasteiger partial charge in [-0.15, -0.1) is 0 Å². The molecule has 1 aliphatic rings. The number of thiazole rings is 1. The molecule has 0 unspecified atom stereocenters. The van der Waals surface area contributed by atoms with Gasteiger partial charge in [-0.05, 0) is 31.2 Å². The van der Waals surface area contributed by atoms with Crippen LogP contribution < -0.4 is 15.0 Å². The maximum Gasteiger partial charge on any atom is 0.278 e. The Kier molecular flexibility index (Phi) is 4.91. The number of aryl methyl sites for hydroxylation is 1. The number of fused-ring (bicyclic) bond motifs is 1. The lowest BCUT2D eigenvalue weighted by Crippen LogP contribution is -2.35. The van der Waals surface area contributed by atoms with Gasteiger partial charge in [-0.3, -0.25) is 9.69 Å². The van der Waals surface area contributed by atoms with Gasteiger partial charge in [-0.1, -0.05) is 11.3 Å². The number of hydrogen-bond acceptors (Lipinski definition) is 7. The number of nitrogens with zero attached hydrogens (tertiary/aromatic N) is 3. The van der Waals surface area contributed by atoms with E-state index in [1.54, 1.807) is 7.11 Å². The second kappa shape index (κ2) is 7.50. The number of hydrogen-bond donors (Lipinski definition) is 1. The molecule has 0 atom stereocenters. The minimum atomic E-state index is -0.0324. The van der Waals surface area contributed by atoms with Crippen LogP contribution in [0.4, 0.5) is 0 Å². The van der Waals surface area contributed by atoms with Crippen molar-refractivity contribution in [3.8, 4) is 16.7 Å². The number of aromatic nitrogens is 3. The summed E-state index contributed by atoms with van der Waals surface area (Å²) in [6, 6.07) is 7.40. The van der Waals surface area contributed by atoms with Gasteiger partial charge in [0, 0.05) is 37.1 Å². The van der Waals surface area contributed by atoms with Gasteiger partial charge in [0.2, 0.25) is 0 Å². The quantitative estimate of drug-likeness (QED) is 0.729. The van der Waals surface area contributed by atoms with E-state index in [4.69, 9.17) is 9.47 Å². The lowest BCUT2D eigenvalue weighted by Gasteiger charge is -2.26. The third-order valence-electron chi connectivity index (χ3n) is 4.44. The molecule has 3 aromatic rings. The Morgan fingerprint density at radius 3 is 2.81 bits per heavy atom. The van der Waals surface area contributed by atoms with Crippen molar-refractivity contribution in [1.82, 2.24) is 19.9 Å². The minimum Gasteiger partial charge on any atom is -0.497 e. The van der Waals surface area contributed by atoms with Crippen LogP contribution in [0.15, 0.2) is 35.3 Å². The lowest BCUT2D eigenvalue weighted by atomic mass is 10.1. The maximum atomic E-state index is 12.2. The van der Waals surface area contributed by atoms with E-state index in [0.29, 0.717) is 17.6 Å². The van der Waals surface area contributed by atoms with Crippen molar-refractivity contribution >= 4 is 11.3 Å². The first-order valence-corrected chi connectivity index (χ1v) is 9.50. The molecule has 0 radical (unpaired) electrons. The van der Waals surface area contributed by atoms with E-state index in [1.807, 2.05) is 37.4 Å². The SMILES string of the molecule is COc1ccc(Oc2ncc(CN3CCc4nc(C)[nH]c(=O)c4C3)s2)cc1. The fraction of sp³-hybridized carbons (Fsp3) is 0.316. The van der Waals surface area contributed by atoms with Gasteiger partial charge in [0.25, 0.3) is 10.8 Å². The Balaban J connectivity index is 1.41. The third kappa shape index (κ3) is 4.01. The summed E-state index contributed by atoms with van der Waals surface area (Å²) in [7, 11) is 1.63. The predicted molar refractivity (Wildman–Crippen MR) is 103 cm³/mol. The maximum absolute atomic E-state index is 12.2. The van der Waals surface area contributed by atoms with Crippen LogP contribution in [0, 0.1) is 6.92 Å². The normalized spacial score (nSPS) is 14.0. The Morgan fingerprint density at radius 2 is 2.04 bits per heavy atom. The molecule has 0 saturated heterocycles. The molecule has 2 aromatic heterocycles. The summed E-state index contributed by atoms with van der Waals surface area (Å²) < 4.78 is 10.9. The molecule has 8 heteroatoms. The topological polar surface area (TPSA) is 80.3 Å². The molecule has 1 aliphatic heterocycles. The molecule has 0 aliphatic carbocycles. The molecule has 0 fully saturated rings. The average molecular weight is 384 g/mol. The molecule has 1 N–H and O–H groups in total. The molecular formula is C19H20N4O3S. The number of methoxy groups -OCH3 is 1. The molecule has 7 nitrogen and oxygen atoms in total. The highest BCUT2D eigenvalue weighted by Crippen LogP contribution is 2.29. The third-order valence-corrected chi connectivity index (χ3v) is 5.30. The van der Waals surface area contributed by atoms with Gasteiger partial charge in [0.05, 0.1) is 18.4 Å². The first-order chi connectivity index (χ1) is 13.1. The van der Waals surface area contributed by atoms with E-state index in [-0.39, 0.29) is 5.56 Å². The molecule has 27 heavy (non-hydrogen) atoms. The molecule has 3 heterocycles. The van der Waals surface area contributed by atoms with Crippen molar-refractivity contribution in [3.63, 3.8) is 0 Å². The van der Waals surface area contributed by atoms with Crippen LogP contribution in [-0.2, 0) is 19.5 Å². The fourth-order valence-electron chi connectivity index (χ4n) is 3.11. The summed E-state index contributed by atoms with van der Waals surface area (Å²) in [4.78, 5) is 27.1. The Hall–Kier alpha value is -2.71. The standard InChI is InChI=1S/C19H20N4O3S/c1-12-21-17-7-8-23(11-16(17)18(24)22-12)10-15-9-20-19(27-15)26-14-5-3-13(25-2)4-6-14/h3-6,9H,7-8,10-11H2,1-2H3,(H,21,22,24). The molecule has 0 bridgehead atoms. The van der Waals surface area contributed by atoms with E-state index < -0.39 is 0 Å². The molecule has 4 rings (SSSR count). The molecule has 0 saturated carbocycles. The van der Waals surface area contributed by atoms with Crippen molar-refractivity contribution < 1.29 is 9.47 Å². The first kappa shape index (κ1) is 17.7. The van der Waals surface area contributed by atoms with Crippen LogP contribution in [0.2, 0.25) is 0 Å². The Bertz CT molecular complexity index is 997. The van der Waals surface area contributed by atoms with E-state index in [9.17, 15) is 4.79 Å². The smallest absolute Gasteiger partial charge is 0.278 e.